The number of unbranched alkanes of at least 4 members (excludes halogenated alkanes) is 2. The van der Waals surface area contributed by atoms with Gasteiger partial charge in [0.2, 0.25) is 47.3 Å². The van der Waals surface area contributed by atoms with Crippen LogP contribution in [0.4, 0.5) is 13.2 Å². The molecule has 1 fully saturated rings. The number of hydrogen-bond donors (Lipinski definition) is 16. The minimum absolute atomic E-state index is 0.0142. The molecule has 30 heteroatoms. The lowest BCUT2D eigenvalue weighted by Gasteiger charge is -2.30. The van der Waals surface area contributed by atoms with Crippen LogP contribution in [0.15, 0.2) is 41.0 Å². The van der Waals surface area contributed by atoms with E-state index in [1.54, 1.807) is 0 Å². The van der Waals surface area contributed by atoms with E-state index in [1.807, 2.05) is 0 Å². The molecule has 0 bridgehead atoms. The molecule has 27 nitrogen and oxygen atoms in total. The third-order valence-corrected chi connectivity index (χ3v) is 12.0. The van der Waals surface area contributed by atoms with Crippen molar-refractivity contribution < 1.29 is 66.5 Å². The molecule has 0 saturated carbocycles. The minimum atomic E-state index is -4.79. The molecule has 1 aromatic rings. The van der Waals surface area contributed by atoms with Gasteiger partial charge in [0.15, 0.2) is 5.96 Å². The highest BCUT2D eigenvalue weighted by Crippen LogP contribution is 2.30. The van der Waals surface area contributed by atoms with Gasteiger partial charge in [0, 0.05) is 26.1 Å². The number of aliphatic hydroxyl groups is 1. The van der Waals surface area contributed by atoms with Crippen LogP contribution in [0.5, 0.6) is 0 Å². The largest absolute Gasteiger partial charge is 0.477 e. The Morgan fingerprint density at radius 2 is 1.44 bits per heavy atom. The number of hydrogen-bond acceptors (Lipinski definition) is 16. The Balaban J connectivity index is 2.33. The van der Waals surface area contributed by atoms with Gasteiger partial charge in [-0.3, -0.25) is 43.3 Å². The first-order chi connectivity index (χ1) is 36.4. The summed E-state index contributed by atoms with van der Waals surface area (Å²) in [5.41, 5.74) is 37.3. The lowest BCUT2D eigenvalue weighted by molar-refractivity contribution is -0.142. The number of aliphatic imine (C=N–C) groups is 1. The molecule has 432 valence electrons. The summed E-state index contributed by atoms with van der Waals surface area (Å²) in [5, 5.41) is 37.0. The Kier molecular flexibility index (Phi) is 29.1. The van der Waals surface area contributed by atoms with Gasteiger partial charge in [-0.2, -0.15) is 13.2 Å². The molecule has 0 aromatic heterocycles. The molecular formula is C47H77F3N16O11. The van der Waals surface area contributed by atoms with E-state index >= 15 is 0 Å². The third kappa shape index (κ3) is 23.4. The van der Waals surface area contributed by atoms with E-state index in [9.17, 15) is 66.5 Å². The number of nitrogens with one attached hydrogen (secondary N) is 7. The maximum Gasteiger partial charge on any atom is 0.416 e. The minimum Gasteiger partial charge on any atom is -0.477 e. The van der Waals surface area contributed by atoms with Crippen molar-refractivity contribution in [3.8, 4) is 0 Å². The van der Waals surface area contributed by atoms with Gasteiger partial charge in [-0.05, 0) is 102 Å². The van der Waals surface area contributed by atoms with Crippen molar-refractivity contribution in [2.45, 2.75) is 139 Å². The molecule has 23 N–H and O–H groups in total. The quantitative estimate of drug-likeness (QED) is 0.0133. The number of guanidine groups is 1. The first kappa shape index (κ1) is 66.1. The van der Waals surface area contributed by atoms with E-state index in [1.165, 1.54) is 13.0 Å². The van der Waals surface area contributed by atoms with E-state index in [4.69, 9.17) is 40.1 Å². The number of benzene rings is 1. The van der Waals surface area contributed by atoms with Crippen LogP contribution in [0.3, 0.4) is 0 Å². The lowest BCUT2D eigenvalue weighted by Crippen LogP contribution is -2.60. The second-order valence-electron chi connectivity index (χ2n) is 18.2. The molecule has 1 unspecified atom stereocenters. The van der Waals surface area contributed by atoms with E-state index in [0.717, 1.165) is 29.2 Å². The van der Waals surface area contributed by atoms with E-state index in [0.29, 0.717) is 25.8 Å². The Morgan fingerprint density at radius 1 is 0.792 bits per heavy atom. The van der Waals surface area contributed by atoms with Crippen LogP contribution in [-0.4, -0.2) is 169 Å². The summed E-state index contributed by atoms with van der Waals surface area (Å²) in [6, 6.07) is -5.75. The van der Waals surface area contributed by atoms with E-state index in [-0.39, 0.29) is 89.1 Å². The zero-order valence-electron chi connectivity index (χ0n) is 43.1. The number of halogens is 3. The molecule has 2 rings (SSSR count). The number of carboxylic acid groups (broad SMARTS) is 1. The predicted octanol–water partition coefficient (Wildman–Crippen LogP) is -4.81. The Morgan fingerprint density at radius 3 is 2.05 bits per heavy atom. The highest BCUT2D eigenvalue weighted by Gasteiger charge is 2.40. The fraction of sp³-hybridized carbons (Fsp3) is 0.617. The van der Waals surface area contributed by atoms with Crippen LogP contribution in [0.25, 0.3) is 0 Å². The molecular weight excluding hydrogens is 1020 g/mol. The van der Waals surface area contributed by atoms with Crippen molar-refractivity contribution in [3.05, 3.63) is 47.2 Å². The SMILES string of the molecule is C[C@H](NC(=O)[C@@H](NC(=O)[C@@H](N)CCCCN)[C@@H](O)CN)C(=O)NCC(=O)N[C@H](CCCN)C(=O)N1CCC[C@H]1C(=O)NC(Cc1cccc(C(F)(F)F)c1)C(=O)N[C@@H](CCCCN)C(=O)N/C(=C\CCN=C(N)N)C(=O)O. The lowest BCUT2D eigenvalue weighted by atomic mass is 10.0. The van der Waals surface area contributed by atoms with Gasteiger partial charge in [-0.15, -0.1) is 0 Å². The first-order valence-corrected chi connectivity index (χ1v) is 25.2. The number of carbonyl (C=O) groups is 9. The van der Waals surface area contributed by atoms with E-state index in [2.05, 4.69) is 42.2 Å². The number of aliphatic carboxylic acids is 1. The molecule has 1 aliphatic rings. The normalized spacial score (nSPS) is 16.3. The Labute approximate surface area is 443 Å². The molecule has 1 heterocycles. The summed E-state index contributed by atoms with van der Waals surface area (Å²) in [6.45, 7) is 0.691. The van der Waals surface area contributed by atoms with Crippen LogP contribution in [-0.2, 0) is 55.7 Å². The molecule has 1 aromatic carbocycles. The number of alkyl halides is 3. The summed E-state index contributed by atoms with van der Waals surface area (Å²) in [5.74, 6) is -9.00. The number of carbonyl (C=O) groups excluding carboxylic acids is 8. The molecule has 8 amide bonds. The standard InChI is InChI=1S/C47H77F3N16O11/c1-26(60-43(74)37(35(67)24-54)65-39(70)29(55)12-2-4-17-51)38(69)59-25-36(68)61-31(14-7-19-53)44(75)66-21-9-16-34(66)42(73)64-33(23-27-10-6-11-28(22-27)47(48,49)50)41(72)62-30(13-3-5-18-52)40(71)63-32(45(76)77)15-8-20-58-46(56)57/h6,10-11,15,22,26,29-31,33-35,37,67H,2-5,7-9,12-14,16-21,23-25,51-55H2,1H3,(H,59,69)(H,60,74)(H,61,68)(H,62,72)(H,63,71)(H,64,73)(H,65,70)(H,76,77)(H4,56,57,58)/b32-15-/t26-,29-,30-,31+,33?,34-,35-,37-/m0/s1. The van der Waals surface area contributed by atoms with Crippen LogP contribution in [0.1, 0.15) is 88.7 Å². The van der Waals surface area contributed by atoms with Gasteiger partial charge < -0.3 is 92.5 Å². The summed E-state index contributed by atoms with van der Waals surface area (Å²) in [6.07, 6.45) is -3.43. The second-order valence-corrected chi connectivity index (χ2v) is 18.2. The number of aliphatic hydroxyl groups excluding tert-OH is 1. The summed E-state index contributed by atoms with van der Waals surface area (Å²) < 4.78 is 41.5. The number of rotatable bonds is 34. The maximum absolute atomic E-state index is 14.2. The number of carboxylic acids is 1. The van der Waals surface area contributed by atoms with Gasteiger partial charge in [-0.25, -0.2) is 4.79 Å². The van der Waals surface area contributed by atoms with Gasteiger partial charge >= 0.3 is 12.1 Å². The Bertz CT molecular complexity index is 2220. The summed E-state index contributed by atoms with van der Waals surface area (Å²) in [7, 11) is 0. The van der Waals surface area contributed by atoms with Gasteiger partial charge in [0.1, 0.15) is 41.9 Å². The van der Waals surface area contributed by atoms with Crippen LogP contribution in [0.2, 0.25) is 0 Å². The molecule has 0 aliphatic carbocycles. The second kappa shape index (κ2) is 33.9. The topological polar surface area (TPSA) is 476 Å². The zero-order valence-corrected chi connectivity index (χ0v) is 43.1. The molecule has 77 heavy (non-hydrogen) atoms. The van der Waals surface area contributed by atoms with Gasteiger partial charge in [0.25, 0.3) is 0 Å². The van der Waals surface area contributed by atoms with Crippen molar-refractivity contribution in [1.29, 1.82) is 0 Å². The number of nitrogens with two attached hydrogens (primary N) is 7. The van der Waals surface area contributed by atoms with Crippen molar-refractivity contribution in [2.75, 3.05) is 45.8 Å². The average Bonchev–Trinajstić information content (AvgIpc) is 3.88. The van der Waals surface area contributed by atoms with Crippen LogP contribution < -0.4 is 77.4 Å². The third-order valence-electron chi connectivity index (χ3n) is 12.0. The molecule has 1 aliphatic heterocycles. The Hall–Kier alpha value is -6.99. The first-order valence-electron chi connectivity index (χ1n) is 25.2. The average molecular weight is 1100 g/mol. The molecule has 1 saturated heterocycles. The van der Waals surface area contributed by atoms with Crippen molar-refractivity contribution in [2.24, 2.45) is 45.1 Å². The zero-order chi connectivity index (χ0) is 57.8. The van der Waals surface area contributed by atoms with Crippen LogP contribution in [0, 0.1) is 0 Å². The summed E-state index contributed by atoms with van der Waals surface area (Å²) >= 11 is 0. The number of amides is 8. The molecule has 0 radical (unpaired) electrons. The van der Waals surface area contributed by atoms with Crippen LogP contribution >= 0.6 is 0 Å². The monoisotopic (exact) mass is 1100 g/mol. The van der Waals surface area contributed by atoms with E-state index < -0.39 is 139 Å². The summed E-state index contributed by atoms with van der Waals surface area (Å²) in [4.78, 5) is 125. The highest BCUT2D eigenvalue weighted by atomic mass is 19.4. The fourth-order valence-electron chi connectivity index (χ4n) is 7.83. The number of likely N-dealkylation sites (tertiary alicyclic amines) is 1. The van der Waals surface area contributed by atoms with Gasteiger partial charge in [0.05, 0.1) is 24.3 Å². The fourth-order valence-corrected chi connectivity index (χ4v) is 7.83. The molecule has 8 atom stereocenters. The van der Waals surface area contributed by atoms with Crippen molar-refractivity contribution in [1.82, 2.24) is 42.1 Å². The predicted molar refractivity (Wildman–Crippen MR) is 275 cm³/mol. The highest BCUT2D eigenvalue weighted by molar-refractivity contribution is 5.99. The van der Waals surface area contributed by atoms with Gasteiger partial charge in [-0.1, -0.05) is 30.7 Å². The van der Waals surface area contributed by atoms with Crippen molar-refractivity contribution >= 4 is 59.2 Å². The van der Waals surface area contributed by atoms with Crippen molar-refractivity contribution in [3.63, 3.8) is 0 Å². The maximum atomic E-state index is 14.2. The number of nitrogens with zero attached hydrogens (tertiary/aromatic N) is 2. The molecule has 0 spiro atoms. The smallest absolute Gasteiger partial charge is 0.416 e.